The van der Waals surface area contributed by atoms with Gasteiger partial charge in [0.15, 0.2) is 5.82 Å². The fraction of sp³-hybridized carbons (Fsp3) is 0.607. The number of carbonyl (C=O) groups excluding carboxylic acids is 1. The smallest absolute Gasteiger partial charge is 0.306 e. The Bertz CT molecular complexity index is 756. The number of benzene rings is 1. The highest BCUT2D eigenvalue weighted by Gasteiger charge is 2.13. The highest BCUT2D eigenvalue weighted by atomic mass is 16.5. The van der Waals surface area contributed by atoms with E-state index in [-0.39, 0.29) is 11.9 Å². The lowest BCUT2D eigenvalue weighted by Gasteiger charge is -2.12. The zero-order valence-electron chi connectivity index (χ0n) is 20.4. The summed E-state index contributed by atoms with van der Waals surface area (Å²) in [7, 11) is 0. The molecule has 0 amide bonds. The largest absolute Gasteiger partial charge is 0.466 e. The van der Waals surface area contributed by atoms with Crippen molar-refractivity contribution < 1.29 is 9.53 Å². The van der Waals surface area contributed by atoms with Gasteiger partial charge in [-0.15, -0.1) is 0 Å². The third-order valence-electron chi connectivity index (χ3n) is 6.00. The molecular weight excluding hydrogens is 396 g/mol. The molecule has 0 radical (unpaired) electrons. The Morgan fingerprint density at radius 1 is 0.844 bits per heavy atom. The molecule has 4 nitrogen and oxygen atoms in total. The molecule has 0 N–H and O–H groups in total. The highest BCUT2D eigenvalue weighted by Crippen LogP contribution is 2.23. The predicted octanol–water partition coefficient (Wildman–Crippen LogP) is 7.66. The number of carbonyl (C=O) groups is 1. The fourth-order valence-corrected chi connectivity index (χ4v) is 3.84. The maximum atomic E-state index is 12.1. The van der Waals surface area contributed by atoms with Crippen molar-refractivity contribution in [1.29, 1.82) is 0 Å². The van der Waals surface area contributed by atoms with Gasteiger partial charge < -0.3 is 4.74 Å². The van der Waals surface area contributed by atoms with E-state index in [9.17, 15) is 4.79 Å². The van der Waals surface area contributed by atoms with Gasteiger partial charge >= 0.3 is 5.97 Å². The lowest BCUT2D eigenvalue weighted by molar-refractivity contribution is -0.144. The summed E-state index contributed by atoms with van der Waals surface area (Å²) < 4.78 is 5.38. The van der Waals surface area contributed by atoms with Crippen LogP contribution in [0.3, 0.4) is 0 Å². The lowest BCUT2D eigenvalue weighted by Crippen LogP contribution is -2.09. The SMILES string of the molecule is CCCCCCCCc1cnc(-c2ccc(C(C)CC(=O)OCCCCCC)cc2)nc1. The zero-order valence-corrected chi connectivity index (χ0v) is 20.4. The Kier molecular flexibility index (Phi) is 12.6. The molecule has 0 fully saturated rings. The summed E-state index contributed by atoms with van der Waals surface area (Å²) in [4.78, 5) is 21.2. The van der Waals surface area contributed by atoms with E-state index in [2.05, 4.69) is 42.9 Å². The molecule has 0 bridgehead atoms. The molecular formula is C28H42N2O2. The van der Waals surface area contributed by atoms with Gasteiger partial charge in [-0.25, -0.2) is 9.97 Å². The minimum atomic E-state index is -0.109. The average Bonchev–Trinajstić information content (AvgIpc) is 2.81. The molecule has 0 saturated carbocycles. The second-order valence-electron chi connectivity index (χ2n) is 8.94. The van der Waals surface area contributed by atoms with Gasteiger partial charge in [0.2, 0.25) is 0 Å². The van der Waals surface area contributed by atoms with Crippen LogP contribution in [0.25, 0.3) is 11.4 Å². The standard InChI is InChI=1S/C28H42N2O2/c1-4-6-8-10-11-12-14-24-21-29-28(30-22-24)26-17-15-25(16-18-26)23(3)20-27(31)32-19-13-9-7-5-2/h15-18,21-23H,4-14,19-20H2,1-3H3. The topological polar surface area (TPSA) is 52.1 Å². The monoisotopic (exact) mass is 438 g/mol. The van der Waals surface area contributed by atoms with Crippen molar-refractivity contribution in [3.05, 3.63) is 47.8 Å². The van der Waals surface area contributed by atoms with Crippen molar-refractivity contribution >= 4 is 5.97 Å². The Balaban J connectivity index is 1.77. The normalized spacial score (nSPS) is 12.0. The predicted molar refractivity (Wildman–Crippen MR) is 133 cm³/mol. The van der Waals surface area contributed by atoms with E-state index in [0.717, 1.165) is 36.2 Å². The van der Waals surface area contributed by atoms with Crippen LogP contribution in [0.2, 0.25) is 0 Å². The molecule has 32 heavy (non-hydrogen) atoms. The van der Waals surface area contributed by atoms with Crippen LogP contribution in [-0.4, -0.2) is 22.5 Å². The number of unbranched alkanes of at least 4 members (excludes halogenated alkanes) is 8. The molecule has 0 saturated heterocycles. The van der Waals surface area contributed by atoms with Gasteiger partial charge in [0.25, 0.3) is 0 Å². The first-order valence-electron chi connectivity index (χ1n) is 12.7. The van der Waals surface area contributed by atoms with E-state index >= 15 is 0 Å². The van der Waals surface area contributed by atoms with Crippen molar-refractivity contribution in [2.24, 2.45) is 0 Å². The van der Waals surface area contributed by atoms with Crippen LogP contribution in [0.5, 0.6) is 0 Å². The molecule has 1 aromatic carbocycles. The molecule has 0 spiro atoms. The summed E-state index contributed by atoms with van der Waals surface area (Å²) in [5.41, 5.74) is 3.35. The summed E-state index contributed by atoms with van der Waals surface area (Å²) in [6.07, 6.45) is 17.7. The number of hydrogen-bond acceptors (Lipinski definition) is 4. The maximum Gasteiger partial charge on any atom is 0.306 e. The first-order chi connectivity index (χ1) is 15.6. The minimum absolute atomic E-state index is 0.109. The second kappa shape index (κ2) is 15.6. The van der Waals surface area contributed by atoms with Crippen molar-refractivity contribution in [3.8, 4) is 11.4 Å². The molecule has 0 aliphatic rings. The fourth-order valence-electron chi connectivity index (χ4n) is 3.84. The van der Waals surface area contributed by atoms with Crippen molar-refractivity contribution in [2.45, 2.75) is 104 Å². The number of ether oxygens (including phenoxy) is 1. The number of aryl methyl sites for hydroxylation is 1. The van der Waals surface area contributed by atoms with Crippen LogP contribution in [0, 0.1) is 0 Å². The molecule has 2 rings (SSSR count). The van der Waals surface area contributed by atoms with Crippen LogP contribution < -0.4 is 0 Å². The first-order valence-corrected chi connectivity index (χ1v) is 12.7. The summed E-state index contributed by atoms with van der Waals surface area (Å²) in [6, 6.07) is 8.24. The van der Waals surface area contributed by atoms with Gasteiger partial charge in [-0.3, -0.25) is 4.79 Å². The van der Waals surface area contributed by atoms with Gasteiger partial charge in [-0.05, 0) is 36.3 Å². The Morgan fingerprint density at radius 2 is 1.44 bits per heavy atom. The Morgan fingerprint density at radius 3 is 2.09 bits per heavy atom. The van der Waals surface area contributed by atoms with Gasteiger partial charge in [0, 0.05) is 18.0 Å². The summed E-state index contributed by atoms with van der Waals surface area (Å²) in [5, 5.41) is 0. The molecule has 1 heterocycles. The number of nitrogens with zero attached hydrogens (tertiary/aromatic N) is 2. The van der Waals surface area contributed by atoms with E-state index < -0.39 is 0 Å². The van der Waals surface area contributed by atoms with Gasteiger partial charge in [-0.1, -0.05) is 96.4 Å². The quantitative estimate of drug-likeness (QED) is 0.199. The summed E-state index contributed by atoms with van der Waals surface area (Å²) >= 11 is 0. The molecule has 1 aromatic heterocycles. The van der Waals surface area contributed by atoms with Crippen LogP contribution in [0.4, 0.5) is 0 Å². The molecule has 0 aliphatic carbocycles. The van der Waals surface area contributed by atoms with Crippen molar-refractivity contribution in [2.75, 3.05) is 6.61 Å². The molecule has 1 unspecified atom stereocenters. The van der Waals surface area contributed by atoms with Gasteiger partial charge in [-0.2, -0.15) is 0 Å². The average molecular weight is 439 g/mol. The van der Waals surface area contributed by atoms with Crippen molar-refractivity contribution in [1.82, 2.24) is 9.97 Å². The number of hydrogen-bond donors (Lipinski definition) is 0. The summed E-state index contributed by atoms with van der Waals surface area (Å²) in [6.45, 7) is 7.04. The van der Waals surface area contributed by atoms with Crippen LogP contribution in [0.15, 0.2) is 36.7 Å². The summed E-state index contributed by atoms with van der Waals surface area (Å²) in [5.74, 6) is 0.776. The van der Waals surface area contributed by atoms with Crippen LogP contribution >= 0.6 is 0 Å². The molecule has 2 aromatic rings. The number of esters is 1. The second-order valence-corrected chi connectivity index (χ2v) is 8.94. The van der Waals surface area contributed by atoms with E-state index in [1.807, 2.05) is 24.5 Å². The number of rotatable bonds is 16. The number of aromatic nitrogens is 2. The maximum absolute atomic E-state index is 12.1. The third-order valence-corrected chi connectivity index (χ3v) is 6.00. The molecule has 4 heteroatoms. The molecule has 0 aliphatic heterocycles. The first kappa shape index (κ1) is 26.0. The Labute approximate surface area is 195 Å². The lowest BCUT2D eigenvalue weighted by atomic mass is 9.96. The van der Waals surface area contributed by atoms with Gasteiger partial charge in [0.1, 0.15) is 0 Å². The van der Waals surface area contributed by atoms with Crippen LogP contribution in [-0.2, 0) is 16.0 Å². The van der Waals surface area contributed by atoms with E-state index in [1.54, 1.807) is 0 Å². The van der Waals surface area contributed by atoms with Crippen LogP contribution in [0.1, 0.15) is 108 Å². The zero-order chi connectivity index (χ0) is 23.0. The van der Waals surface area contributed by atoms with E-state index in [1.165, 1.54) is 56.9 Å². The Hall–Kier alpha value is -2.23. The van der Waals surface area contributed by atoms with E-state index in [4.69, 9.17) is 4.74 Å². The molecule has 1 atom stereocenters. The van der Waals surface area contributed by atoms with Crippen molar-refractivity contribution in [3.63, 3.8) is 0 Å². The van der Waals surface area contributed by atoms with E-state index in [0.29, 0.717) is 13.0 Å². The van der Waals surface area contributed by atoms with Gasteiger partial charge in [0.05, 0.1) is 13.0 Å². The minimum Gasteiger partial charge on any atom is -0.466 e. The molecule has 176 valence electrons. The highest BCUT2D eigenvalue weighted by molar-refractivity contribution is 5.70. The third kappa shape index (κ3) is 9.93.